The van der Waals surface area contributed by atoms with Crippen LogP contribution in [-0.2, 0) is 16.4 Å². The van der Waals surface area contributed by atoms with Crippen LogP contribution in [0.2, 0.25) is 10.0 Å². The lowest BCUT2D eigenvalue weighted by molar-refractivity contribution is 0.322. The Bertz CT molecular complexity index is 737. The highest BCUT2D eigenvalue weighted by Gasteiger charge is 2.18. The number of rotatable bonds is 5. The highest BCUT2D eigenvalue weighted by Crippen LogP contribution is 2.36. The van der Waals surface area contributed by atoms with Gasteiger partial charge in [-0.05, 0) is 23.8 Å². The van der Waals surface area contributed by atoms with Gasteiger partial charge in [0.2, 0.25) is 10.0 Å². The molecule has 2 rings (SSSR count). The first-order valence-corrected chi connectivity index (χ1v) is 8.22. The van der Waals surface area contributed by atoms with E-state index in [4.69, 9.17) is 33.1 Å². The van der Waals surface area contributed by atoms with E-state index < -0.39 is 10.0 Å². The Labute approximate surface area is 132 Å². The Morgan fingerprint density at radius 1 is 1.19 bits per heavy atom. The van der Waals surface area contributed by atoms with E-state index in [1.54, 1.807) is 12.4 Å². The summed E-state index contributed by atoms with van der Waals surface area (Å²) >= 11 is 11.9. The van der Waals surface area contributed by atoms with E-state index in [1.807, 2.05) is 12.1 Å². The molecule has 0 aliphatic rings. The molecule has 0 amide bonds. The summed E-state index contributed by atoms with van der Waals surface area (Å²) in [7, 11) is -3.92. The first-order valence-electron chi connectivity index (χ1n) is 5.92. The minimum atomic E-state index is -3.92. The van der Waals surface area contributed by atoms with Crippen molar-refractivity contribution in [1.82, 2.24) is 4.98 Å². The number of primary sulfonamides is 1. The Kier molecular flexibility index (Phi) is 5.05. The molecule has 1 aromatic carbocycles. The zero-order chi connectivity index (χ0) is 15.5. The van der Waals surface area contributed by atoms with Gasteiger partial charge in [-0.3, -0.25) is 4.98 Å². The number of ether oxygens (including phenoxy) is 1. The van der Waals surface area contributed by atoms with Crippen molar-refractivity contribution in [3.8, 4) is 5.75 Å². The highest BCUT2D eigenvalue weighted by atomic mass is 35.5. The van der Waals surface area contributed by atoms with E-state index in [-0.39, 0.29) is 14.9 Å². The van der Waals surface area contributed by atoms with Crippen molar-refractivity contribution >= 4 is 33.2 Å². The number of hydrogen-bond donors (Lipinski definition) is 1. The van der Waals surface area contributed by atoms with Crippen molar-refractivity contribution in [2.24, 2.45) is 5.14 Å². The molecule has 0 atom stereocenters. The standard InChI is InChI=1S/C13H12Cl2N2O3S/c14-12-10(3-4-11(13(12)15)21(16,18)19)20-7-5-9-2-1-6-17-8-9/h1-4,6,8H,5,7H2,(H2,16,18,19). The van der Waals surface area contributed by atoms with E-state index >= 15 is 0 Å². The molecule has 5 nitrogen and oxygen atoms in total. The van der Waals surface area contributed by atoms with Gasteiger partial charge in [0.25, 0.3) is 0 Å². The third-order valence-electron chi connectivity index (χ3n) is 2.69. The van der Waals surface area contributed by atoms with Gasteiger partial charge in [0.15, 0.2) is 0 Å². The zero-order valence-electron chi connectivity index (χ0n) is 10.8. The number of aromatic nitrogens is 1. The third-order valence-corrected chi connectivity index (χ3v) is 4.62. The molecule has 112 valence electrons. The molecule has 0 aliphatic carbocycles. The first kappa shape index (κ1) is 16.0. The molecule has 1 aromatic heterocycles. The Hall–Kier alpha value is -1.34. The lowest BCUT2D eigenvalue weighted by Crippen LogP contribution is -2.13. The average Bonchev–Trinajstić information content (AvgIpc) is 2.43. The smallest absolute Gasteiger partial charge is 0.239 e. The van der Waals surface area contributed by atoms with Crippen molar-refractivity contribution in [3.05, 3.63) is 52.3 Å². The number of benzene rings is 1. The van der Waals surface area contributed by atoms with Crippen LogP contribution in [0.1, 0.15) is 5.56 Å². The fourth-order valence-corrected chi connectivity index (χ4v) is 3.03. The molecule has 0 saturated heterocycles. The summed E-state index contributed by atoms with van der Waals surface area (Å²) in [5.74, 6) is 0.304. The molecule has 0 bridgehead atoms. The number of nitrogens with zero attached hydrogens (tertiary/aromatic N) is 1. The maximum atomic E-state index is 11.3. The number of nitrogens with two attached hydrogens (primary N) is 1. The molecular weight excluding hydrogens is 335 g/mol. The summed E-state index contributed by atoms with van der Waals surface area (Å²) in [6.07, 6.45) is 4.06. The number of halogens is 2. The van der Waals surface area contributed by atoms with Gasteiger partial charge >= 0.3 is 0 Å². The maximum Gasteiger partial charge on any atom is 0.239 e. The number of pyridine rings is 1. The average molecular weight is 347 g/mol. The second-order valence-corrected chi connectivity index (χ2v) is 6.48. The van der Waals surface area contributed by atoms with Gasteiger partial charge in [-0.25, -0.2) is 13.6 Å². The third kappa shape index (κ3) is 4.07. The first-order chi connectivity index (χ1) is 9.89. The summed E-state index contributed by atoms with van der Waals surface area (Å²) < 4.78 is 28.1. The van der Waals surface area contributed by atoms with Crippen LogP contribution in [0, 0.1) is 0 Å². The summed E-state index contributed by atoms with van der Waals surface area (Å²) in [5, 5.41) is 4.92. The van der Waals surface area contributed by atoms with Crippen molar-refractivity contribution in [2.75, 3.05) is 6.61 Å². The van der Waals surface area contributed by atoms with Crippen molar-refractivity contribution in [3.63, 3.8) is 0 Å². The predicted molar refractivity (Wildman–Crippen MR) is 81.3 cm³/mol. The second kappa shape index (κ2) is 6.62. The largest absolute Gasteiger partial charge is 0.492 e. The van der Waals surface area contributed by atoms with E-state index in [1.165, 1.54) is 12.1 Å². The Balaban J connectivity index is 2.10. The van der Waals surface area contributed by atoms with Gasteiger partial charge in [-0.1, -0.05) is 29.3 Å². The van der Waals surface area contributed by atoms with Crippen molar-refractivity contribution in [2.45, 2.75) is 11.3 Å². The molecule has 0 aliphatic heterocycles. The minimum Gasteiger partial charge on any atom is -0.492 e. The van der Waals surface area contributed by atoms with Gasteiger partial charge in [-0.15, -0.1) is 0 Å². The van der Waals surface area contributed by atoms with Gasteiger partial charge in [0, 0.05) is 18.8 Å². The lowest BCUT2D eigenvalue weighted by Gasteiger charge is -2.11. The monoisotopic (exact) mass is 346 g/mol. The molecule has 0 spiro atoms. The lowest BCUT2D eigenvalue weighted by atomic mass is 10.2. The molecular formula is C13H12Cl2N2O3S. The zero-order valence-corrected chi connectivity index (χ0v) is 13.1. The molecule has 0 fully saturated rings. The Morgan fingerprint density at radius 3 is 2.57 bits per heavy atom. The van der Waals surface area contributed by atoms with Gasteiger partial charge < -0.3 is 4.74 Å². The van der Waals surface area contributed by atoms with Crippen LogP contribution >= 0.6 is 23.2 Å². The summed E-state index contributed by atoms with van der Waals surface area (Å²) in [4.78, 5) is 3.77. The molecule has 0 unspecified atom stereocenters. The minimum absolute atomic E-state index is 0.0226. The Morgan fingerprint density at radius 2 is 1.95 bits per heavy atom. The molecule has 21 heavy (non-hydrogen) atoms. The van der Waals surface area contributed by atoms with Gasteiger partial charge in [0.1, 0.15) is 15.7 Å². The van der Waals surface area contributed by atoms with Crippen molar-refractivity contribution < 1.29 is 13.2 Å². The van der Waals surface area contributed by atoms with Crippen molar-refractivity contribution in [1.29, 1.82) is 0 Å². The molecule has 2 N–H and O–H groups in total. The summed E-state index contributed by atoms with van der Waals surface area (Å²) in [5.41, 5.74) is 1.01. The van der Waals surface area contributed by atoms with E-state index in [2.05, 4.69) is 4.98 Å². The fourth-order valence-electron chi connectivity index (χ4n) is 1.67. The van der Waals surface area contributed by atoms with Crippen LogP contribution in [0.4, 0.5) is 0 Å². The van der Waals surface area contributed by atoms with Gasteiger partial charge in [-0.2, -0.15) is 0 Å². The van der Waals surface area contributed by atoms with E-state index in [9.17, 15) is 8.42 Å². The summed E-state index contributed by atoms with van der Waals surface area (Å²) in [6, 6.07) is 6.45. The quantitative estimate of drug-likeness (QED) is 0.901. The molecule has 0 saturated carbocycles. The molecule has 1 heterocycles. The van der Waals surface area contributed by atoms with Crippen LogP contribution in [0.25, 0.3) is 0 Å². The number of hydrogen-bond acceptors (Lipinski definition) is 4. The second-order valence-electron chi connectivity index (χ2n) is 4.19. The number of sulfonamides is 1. The van der Waals surface area contributed by atoms with Gasteiger partial charge in [0.05, 0.1) is 11.6 Å². The fraction of sp³-hybridized carbons (Fsp3) is 0.154. The molecule has 0 radical (unpaired) electrons. The van der Waals surface area contributed by atoms with E-state index in [0.29, 0.717) is 18.8 Å². The van der Waals surface area contributed by atoms with Crippen LogP contribution in [-0.4, -0.2) is 20.0 Å². The maximum absolute atomic E-state index is 11.3. The predicted octanol–water partition coefficient (Wildman–Crippen LogP) is 2.66. The molecule has 2 aromatic rings. The van der Waals surface area contributed by atoms with Crippen LogP contribution in [0.3, 0.4) is 0 Å². The molecule has 8 heteroatoms. The van der Waals surface area contributed by atoms with Crippen LogP contribution in [0.5, 0.6) is 5.75 Å². The van der Waals surface area contributed by atoms with Crippen LogP contribution in [0.15, 0.2) is 41.6 Å². The topological polar surface area (TPSA) is 82.3 Å². The SMILES string of the molecule is NS(=O)(=O)c1ccc(OCCc2cccnc2)c(Cl)c1Cl. The normalized spacial score (nSPS) is 11.4. The summed E-state index contributed by atoms with van der Waals surface area (Å²) in [6.45, 7) is 0.358. The highest BCUT2D eigenvalue weighted by molar-refractivity contribution is 7.89. The van der Waals surface area contributed by atoms with E-state index in [0.717, 1.165) is 5.56 Å². The van der Waals surface area contributed by atoms with Crippen LogP contribution < -0.4 is 9.88 Å².